The maximum atomic E-state index is 13.0. The van der Waals surface area contributed by atoms with Crippen molar-refractivity contribution >= 4 is 5.91 Å². The molecule has 0 aromatic heterocycles. The summed E-state index contributed by atoms with van der Waals surface area (Å²) in [7, 11) is 0. The number of carbonyl (C=O) groups excluding carboxylic acids is 1. The van der Waals surface area contributed by atoms with E-state index < -0.39 is 11.7 Å². The molecule has 4 rings (SSSR count). The molecule has 2 aromatic rings. The van der Waals surface area contributed by atoms with E-state index >= 15 is 0 Å². The van der Waals surface area contributed by atoms with E-state index in [-0.39, 0.29) is 11.8 Å². The van der Waals surface area contributed by atoms with Gasteiger partial charge in [0.15, 0.2) is 0 Å². The SMILES string of the molecule is O=C(c1ccc(CN2CCC(c3cccc(C(F)(F)F)c3)CC2)cc1)N1CCC1. The van der Waals surface area contributed by atoms with Gasteiger partial charge in [0.1, 0.15) is 0 Å². The second-order valence-corrected chi connectivity index (χ2v) is 8.02. The lowest BCUT2D eigenvalue weighted by molar-refractivity contribution is -0.137. The van der Waals surface area contributed by atoms with Crippen molar-refractivity contribution in [2.24, 2.45) is 0 Å². The third-order valence-electron chi connectivity index (χ3n) is 6.02. The van der Waals surface area contributed by atoms with E-state index in [2.05, 4.69) is 4.90 Å². The van der Waals surface area contributed by atoms with Gasteiger partial charge in [0.2, 0.25) is 0 Å². The molecule has 0 unspecified atom stereocenters. The summed E-state index contributed by atoms with van der Waals surface area (Å²) in [6.45, 7) is 4.21. The number of benzene rings is 2. The molecule has 0 atom stereocenters. The van der Waals surface area contributed by atoms with Gasteiger partial charge < -0.3 is 4.90 Å². The fraction of sp³-hybridized carbons (Fsp3) is 0.435. The summed E-state index contributed by atoms with van der Waals surface area (Å²) in [5, 5.41) is 0. The fourth-order valence-corrected chi connectivity index (χ4v) is 4.11. The van der Waals surface area contributed by atoms with Gasteiger partial charge in [-0.05, 0) is 67.6 Å². The molecule has 0 saturated carbocycles. The van der Waals surface area contributed by atoms with Crippen LogP contribution in [0.25, 0.3) is 0 Å². The molecule has 2 aliphatic heterocycles. The van der Waals surface area contributed by atoms with Crippen molar-refractivity contribution in [1.82, 2.24) is 9.80 Å². The first kappa shape index (κ1) is 20.0. The molecule has 0 radical (unpaired) electrons. The molecule has 0 bridgehead atoms. The second-order valence-electron chi connectivity index (χ2n) is 8.02. The van der Waals surface area contributed by atoms with Crippen LogP contribution in [-0.4, -0.2) is 41.9 Å². The van der Waals surface area contributed by atoms with Gasteiger partial charge in [-0.2, -0.15) is 13.2 Å². The summed E-state index contributed by atoms with van der Waals surface area (Å²) < 4.78 is 38.9. The summed E-state index contributed by atoms with van der Waals surface area (Å²) in [6, 6.07) is 13.6. The minimum absolute atomic E-state index is 0.102. The van der Waals surface area contributed by atoms with Gasteiger partial charge in [-0.25, -0.2) is 0 Å². The monoisotopic (exact) mass is 402 g/mol. The van der Waals surface area contributed by atoms with E-state index in [1.165, 1.54) is 12.1 Å². The van der Waals surface area contributed by atoms with Gasteiger partial charge in [-0.3, -0.25) is 9.69 Å². The average molecular weight is 402 g/mol. The van der Waals surface area contributed by atoms with Crippen LogP contribution in [0.3, 0.4) is 0 Å². The van der Waals surface area contributed by atoms with Gasteiger partial charge in [0, 0.05) is 25.2 Å². The Morgan fingerprint density at radius 1 is 0.966 bits per heavy atom. The number of hydrogen-bond donors (Lipinski definition) is 0. The molecule has 2 aliphatic rings. The number of carbonyl (C=O) groups is 1. The first-order chi connectivity index (χ1) is 13.9. The number of alkyl halides is 3. The van der Waals surface area contributed by atoms with Crippen LogP contribution in [0.15, 0.2) is 48.5 Å². The van der Waals surface area contributed by atoms with Crippen molar-refractivity contribution in [2.45, 2.75) is 37.9 Å². The minimum atomic E-state index is -4.29. The van der Waals surface area contributed by atoms with Crippen LogP contribution < -0.4 is 0 Å². The van der Waals surface area contributed by atoms with Crippen LogP contribution in [0, 0.1) is 0 Å². The number of halogens is 3. The van der Waals surface area contributed by atoms with Crippen molar-refractivity contribution in [3.8, 4) is 0 Å². The number of likely N-dealkylation sites (tertiary alicyclic amines) is 2. The zero-order valence-corrected chi connectivity index (χ0v) is 16.3. The average Bonchev–Trinajstić information content (AvgIpc) is 2.67. The Hall–Kier alpha value is -2.34. The highest BCUT2D eigenvalue weighted by Crippen LogP contribution is 2.34. The van der Waals surface area contributed by atoms with Crippen LogP contribution in [-0.2, 0) is 12.7 Å². The Morgan fingerprint density at radius 3 is 2.24 bits per heavy atom. The molecular formula is C23H25F3N2O. The van der Waals surface area contributed by atoms with Crippen molar-refractivity contribution in [2.75, 3.05) is 26.2 Å². The van der Waals surface area contributed by atoms with Crippen LogP contribution in [0.2, 0.25) is 0 Å². The van der Waals surface area contributed by atoms with Crippen molar-refractivity contribution in [3.05, 3.63) is 70.8 Å². The predicted molar refractivity (Wildman–Crippen MR) is 106 cm³/mol. The zero-order valence-electron chi connectivity index (χ0n) is 16.3. The third kappa shape index (κ3) is 4.64. The summed E-state index contributed by atoms with van der Waals surface area (Å²) in [4.78, 5) is 16.4. The van der Waals surface area contributed by atoms with Crippen LogP contribution >= 0.6 is 0 Å². The van der Waals surface area contributed by atoms with Crippen LogP contribution in [0.5, 0.6) is 0 Å². The standard InChI is InChI=1S/C23H25F3N2O/c24-23(25,26)21-4-1-3-20(15-21)18-9-13-27(14-10-18)16-17-5-7-19(8-6-17)22(29)28-11-2-12-28/h1,3-8,15,18H,2,9-14,16H2. The van der Waals surface area contributed by atoms with Crippen LogP contribution in [0.1, 0.15) is 52.2 Å². The topological polar surface area (TPSA) is 23.6 Å². The molecule has 3 nitrogen and oxygen atoms in total. The second kappa shape index (κ2) is 8.19. The van der Waals surface area contributed by atoms with E-state index in [0.717, 1.165) is 74.7 Å². The lowest BCUT2D eigenvalue weighted by Gasteiger charge is -2.32. The lowest BCUT2D eigenvalue weighted by Crippen LogP contribution is -2.42. The molecule has 2 fully saturated rings. The van der Waals surface area contributed by atoms with Gasteiger partial charge in [-0.15, -0.1) is 0 Å². The smallest absolute Gasteiger partial charge is 0.339 e. The van der Waals surface area contributed by atoms with Gasteiger partial charge in [-0.1, -0.05) is 30.3 Å². The summed E-state index contributed by atoms with van der Waals surface area (Å²) in [5.74, 6) is 0.273. The molecule has 6 heteroatoms. The number of nitrogens with zero attached hydrogens (tertiary/aromatic N) is 2. The lowest BCUT2D eigenvalue weighted by atomic mass is 9.88. The highest BCUT2D eigenvalue weighted by molar-refractivity contribution is 5.94. The van der Waals surface area contributed by atoms with E-state index in [9.17, 15) is 18.0 Å². The molecule has 0 spiro atoms. The maximum absolute atomic E-state index is 13.0. The first-order valence-corrected chi connectivity index (χ1v) is 10.2. The number of amides is 1. The summed E-state index contributed by atoms with van der Waals surface area (Å²) >= 11 is 0. The fourth-order valence-electron chi connectivity index (χ4n) is 4.11. The van der Waals surface area contributed by atoms with Crippen molar-refractivity contribution in [3.63, 3.8) is 0 Å². The predicted octanol–water partition coefficient (Wildman–Crippen LogP) is 4.93. The molecule has 154 valence electrons. The Labute approximate surface area is 169 Å². The Kier molecular flexibility index (Phi) is 5.63. The molecule has 2 aromatic carbocycles. The molecule has 2 heterocycles. The Bertz CT molecular complexity index is 851. The van der Waals surface area contributed by atoms with E-state index in [1.54, 1.807) is 0 Å². The molecule has 1 amide bonds. The number of piperidine rings is 1. The Balaban J connectivity index is 1.31. The van der Waals surface area contributed by atoms with Crippen molar-refractivity contribution in [1.29, 1.82) is 0 Å². The first-order valence-electron chi connectivity index (χ1n) is 10.2. The highest BCUT2D eigenvalue weighted by Gasteiger charge is 2.31. The van der Waals surface area contributed by atoms with Gasteiger partial charge in [0.25, 0.3) is 5.91 Å². The molecule has 0 aliphatic carbocycles. The van der Waals surface area contributed by atoms with E-state index in [0.29, 0.717) is 0 Å². The summed E-state index contributed by atoms with van der Waals surface area (Å²) in [5.41, 5.74) is 2.11. The number of hydrogen-bond acceptors (Lipinski definition) is 2. The van der Waals surface area contributed by atoms with Gasteiger partial charge in [0.05, 0.1) is 5.56 Å². The Morgan fingerprint density at radius 2 is 1.66 bits per heavy atom. The quantitative estimate of drug-likeness (QED) is 0.724. The number of rotatable bonds is 4. The molecule has 29 heavy (non-hydrogen) atoms. The minimum Gasteiger partial charge on any atom is -0.339 e. The third-order valence-corrected chi connectivity index (χ3v) is 6.02. The molecular weight excluding hydrogens is 377 g/mol. The molecule has 0 N–H and O–H groups in total. The summed E-state index contributed by atoms with van der Waals surface area (Å²) in [6.07, 6.45) is -1.50. The van der Waals surface area contributed by atoms with E-state index in [1.807, 2.05) is 35.2 Å². The van der Waals surface area contributed by atoms with Crippen LogP contribution in [0.4, 0.5) is 13.2 Å². The highest BCUT2D eigenvalue weighted by atomic mass is 19.4. The zero-order chi connectivity index (χ0) is 20.4. The van der Waals surface area contributed by atoms with E-state index in [4.69, 9.17) is 0 Å². The molecule has 2 saturated heterocycles. The normalized spacial score (nSPS) is 18.5. The largest absolute Gasteiger partial charge is 0.416 e. The maximum Gasteiger partial charge on any atom is 0.416 e. The van der Waals surface area contributed by atoms with Gasteiger partial charge >= 0.3 is 6.18 Å². The van der Waals surface area contributed by atoms with Crippen molar-refractivity contribution < 1.29 is 18.0 Å².